The predicted molar refractivity (Wildman–Crippen MR) is 81.4 cm³/mol. The number of fused-ring (bicyclic) bond motifs is 1. The number of carbonyl (C=O) groups excluding carboxylic acids is 1. The number of nitrogens with zero attached hydrogens (tertiary/aromatic N) is 3. The lowest BCUT2D eigenvalue weighted by Crippen LogP contribution is -2.17. The molecular formula is C14H11F3N4O2S. The SMILES string of the molecule is Cc1nnc2sc(C(=O)Nc3ccc(OC(F)(F)F)cc3)c(C)n12. The van der Waals surface area contributed by atoms with Crippen LogP contribution in [0.3, 0.4) is 0 Å². The molecule has 0 atom stereocenters. The van der Waals surface area contributed by atoms with Crippen LogP contribution < -0.4 is 10.1 Å². The molecule has 1 amide bonds. The van der Waals surface area contributed by atoms with Gasteiger partial charge in [0, 0.05) is 11.4 Å². The summed E-state index contributed by atoms with van der Waals surface area (Å²) in [6.07, 6.45) is -4.75. The summed E-state index contributed by atoms with van der Waals surface area (Å²) in [5.74, 6) is -0.0497. The summed E-state index contributed by atoms with van der Waals surface area (Å²) in [6, 6.07) is 4.93. The molecule has 2 heterocycles. The second-order valence-corrected chi connectivity index (χ2v) is 5.89. The van der Waals surface area contributed by atoms with Gasteiger partial charge in [0.05, 0.1) is 0 Å². The number of anilines is 1. The summed E-state index contributed by atoms with van der Waals surface area (Å²) >= 11 is 1.19. The highest BCUT2D eigenvalue weighted by Gasteiger charge is 2.31. The summed E-state index contributed by atoms with van der Waals surface area (Å²) in [5.41, 5.74) is 1.06. The van der Waals surface area contributed by atoms with E-state index in [4.69, 9.17) is 0 Å². The predicted octanol–water partition coefficient (Wildman–Crippen LogP) is 3.56. The molecule has 126 valence electrons. The van der Waals surface area contributed by atoms with Crippen molar-refractivity contribution in [1.82, 2.24) is 14.6 Å². The highest BCUT2D eigenvalue weighted by Crippen LogP contribution is 2.26. The minimum absolute atomic E-state index is 0.354. The molecule has 0 spiro atoms. The molecule has 1 N–H and O–H groups in total. The molecule has 0 aliphatic rings. The molecule has 0 saturated carbocycles. The number of rotatable bonds is 3. The molecule has 6 nitrogen and oxygen atoms in total. The molecule has 0 saturated heterocycles. The van der Waals surface area contributed by atoms with Crippen molar-refractivity contribution < 1.29 is 22.7 Å². The molecule has 24 heavy (non-hydrogen) atoms. The lowest BCUT2D eigenvalue weighted by Gasteiger charge is -2.09. The maximum atomic E-state index is 12.4. The Morgan fingerprint density at radius 2 is 1.88 bits per heavy atom. The van der Waals surface area contributed by atoms with E-state index in [9.17, 15) is 18.0 Å². The van der Waals surface area contributed by atoms with Crippen LogP contribution in [0.2, 0.25) is 0 Å². The Hall–Kier alpha value is -2.62. The number of amides is 1. The van der Waals surface area contributed by atoms with E-state index in [-0.39, 0.29) is 11.7 Å². The first kappa shape index (κ1) is 16.2. The number of nitrogens with one attached hydrogen (secondary N) is 1. The van der Waals surface area contributed by atoms with Crippen LogP contribution >= 0.6 is 11.3 Å². The quantitative estimate of drug-likeness (QED) is 0.779. The smallest absolute Gasteiger partial charge is 0.406 e. The fourth-order valence-corrected chi connectivity index (χ4v) is 3.21. The molecule has 2 aromatic heterocycles. The first-order valence-corrected chi connectivity index (χ1v) is 7.54. The highest BCUT2D eigenvalue weighted by molar-refractivity contribution is 7.19. The summed E-state index contributed by atoms with van der Waals surface area (Å²) in [5, 5.41) is 10.5. The van der Waals surface area contributed by atoms with Crippen LogP contribution in [0, 0.1) is 13.8 Å². The van der Waals surface area contributed by atoms with Crippen LogP contribution in [0.1, 0.15) is 21.2 Å². The fraction of sp³-hybridized carbons (Fsp3) is 0.214. The molecule has 0 aliphatic carbocycles. The van der Waals surface area contributed by atoms with Crippen LogP contribution in [-0.4, -0.2) is 26.9 Å². The van der Waals surface area contributed by atoms with Crippen molar-refractivity contribution >= 4 is 27.9 Å². The van der Waals surface area contributed by atoms with Crippen molar-refractivity contribution in [2.75, 3.05) is 5.32 Å². The minimum atomic E-state index is -4.75. The number of alkyl halides is 3. The summed E-state index contributed by atoms with van der Waals surface area (Å²) < 4.78 is 41.9. The molecule has 0 unspecified atom stereocenters. The number of benzene rings is 1. The van der Waals surface area contributed by atoms with E-state index >= 15 is 0 Å². The number of ether oxygens (including phenoxy) is 1. The van der Waals surface area contributed by atoms with E-state index in [0.29, 0.717) is 27.0 Å². The highest BCUT2D eigenvalue weighted by atomic mass is 32.1. The average molecular weight is 356 g/mol. The third-order valence-corrected chi connectivity index (χ3v) is 4.34. The van der Waals surface area contributed by atoms with Crippen LogP contribution in [0.4, 0.5) is 18.9 Å². The minimum Gasteiger partial charge on any atom is -0.406 e. The Kier molecular flexibility index (Phi) is 3.91. The number of halogens is 3. The van der Waals surface area contributed by atoms with E-state index in [0.717, 1.165) is 12.1 Å². The van der Waals surface area contributed by atoms with Crippen LogP contribution in [0.15, 0.2) is 24.3 Å². The first-order chi connectivity index (χ1) is 11.2. The largest absolute Gasteiger partial charge is 0.573 e. The normalized spacial score (nSPS) is 11.7. The first-order valence-electron chi connectivity index (χ1n) is 6.73. The lowest BCUT2D eigenvalue weighted by atomic mass is 10.3. The molecule has 0 aliphatic heterocycles. The lowest BCUT2D eigenvalue weighted by molar-refractivity contribution is -0.274. The van der Waals surface area contributed by atoms with Gasteiger partial charge in [0.15, 0.2) is 0 Å². The third kappa shape index (κ3) is 3.18. The summed E-state index contributed by atoms with van der Waals surface area (Å²) in [6.45, 7) is 3.55. The standard InChI is InChI=1S/C14H11F3N4O2S/c1-7-11(24-13-20-19-8(2)21(7)13)12(22)18-9-3-5-10(6-4-9)23-14(15,16)17/h3-6H,1-2H3,(H,18,22). The zero-order valence-corrected chi connectivity index (χ0v) is 13.3. The van der Waals surface area contributed by atoms with E-state index < -0.39 is 6.36 Å². The molecular weight excluding hydrogens is 345 g/mol. The Labute approximate surface area is 137 Å². The van der Waals surface area contributed by atoms with E-state index in [1.54, 1.807) is 18.2 Å². The van der Waals surface area contributed by atoms with Crippen molar-refractivity contribution in [3.63, 3.8) is 0 Å². The van der Waals surface area contributed by atoms with Gasteiger partial charge in [-0.3, -0.25) is 9.20 Å². The van der Waals surface area contributed by atoms with Crippen LogP contribution in [0.25, 0.3) is 4.96 Å². The number of thiazole rings is 1. The number of aryl methyl sites for hydroxylation is 2. The number of hydrogen-bond acceptors (Lipinski definition) is 5. The molecule has 10 heteroatoms. The van der Waals surface area contributed by atoms with Crippen molar-refractivity contribution in [3.05, 3.63) is 40.7 Å². The van der Waals surface area contributed by atoms with Gasteiger partial charge in [-0.05, 0) is 38.1 Å². The van der Waals surface area contributed by atoms with Gasteiger partial charge in [-0.15, -0.1) is 23.4 Å². The van der Waals surface area contributed by atoms with Crippen molar-refractivity contribution in [2.24, 2.45) is 0 Å². The fourth-order valence-electron chi connectivity index (χ4n) is 2.20. The molecule has 0 fully saturated rings. The van der Waals surface area contributed by atoms with Crippen LogP contribution in [0.5, 0.6) is 5.75 Å². The summed E-state index contributed by atoms with van der Waals surface area (Å²) in [7, 11) is 0. The van der Waals surface area contributed by atoms with Gasteiger partial charge in [0.25, 0.3) is 5.91 Å². The summed E-state index contributed by atoms with van der Waals surface area (Å²) in [4.78, 5) is 13.4. The van der Waals surface area contributed by atoms with E-state index in [1.807, 2.05) is 0 Å². The van der Waals surface area contributed by atoms with Gasteiger partial charge >= 0.3 is 6.36 Å². The van der Waals surface area contributed by atoms with Crippen molar-refractivity contribution in [1.29, 1.82) is 0 Å². The Balaban J connectivity index is 1.77. The van der Waals surface area contributed by atoms with Gasteiger partial charge in [-0.2, -0.15) is 0 Å². The zero-order chi connectivity index (χ0) is 17.5. The molecule has 3 aromatic rings. The number of aromatic nitrogens is 3. The number of hydrogen-bond donors (Lipinski definition) is 1. The Morgan fingerprint density at radius 3 is 2.46 bits per heavy atom. The topological polar surface area (TPSA) is 68.5 Å². The second kappa shape index (κ2) is 5.78. The maximum absolute atomic E-state index is 12.4. The van der Waals surface area contributed by atoms with Crippen molar-refractivity contribution in [2.45, 2.75) is 20.2 Å². The second-order valence-electron chi connectivity index (χ2n) is 4.91. The Morgan fingerprint density at radius 1 is 1.21 bits per heavy atom. The Bertz CT molecular complexity index is 899. The van der Waals surface area contributed by atoms with E-state index in [1.165, 1.54) is 23.5 Å². The van der Waals surface area contributed by atoms with Gasteiger partial charge in [0.2, 0.25) is 4.96 Å². The monoisotopic (exact) mass is 356 g/mol. The zero-order valence-electron chi connectivity index (χ0n) is 12.5. The average Bonchev–Trinajstić information content (AvgIpc) is 3.01. The van der Waals surface area contributed by atoms with Crippen LogP contribution in [-0.2, 0) is 0 Å². The van der Waals surface area contributed by atoms with E-state index in [2.05, 4.69) is 20.3 Å². The molecule has 0 bridgehead atoms. The molecule has 0 radical (unpaired) electrons. The van der Waals surface area contributed by atoms with Gasteiger partial charge < -0.3 is 10.1 Å². The third-order valence-electron chi connectivity index (χ3n) is 3.20. The number of carbonyl (C=O) groups is 1. The molecule has 1 aromatic carbocycles. The molecule has 3 rings (SSSR count). The maximum Gasteiger partial charge on any atom is 0.573 e. The van der Waals surface area contributed by atoms with Gasteiger partial charge in [-0.1, -0.05) is 11.3 Å². The van der Waals surface area contributed by atoms with Gasteiger partial charge in [0.1, 0.15) is 16.5 Å². The van der Waals surface area contributed by atoms with Gasteiger partial charge in [-0.25, -0.2) is 0 Å². The van der Waals surface area contributed by atoms with Crippen molar-refractivity contribution in [3.8, 4) is 5.75 Å².